The van der Waals surface area contributed by atoms with Crippen molar-refractivity contribution < 1.29 is 0 Å². The van der Waals surface area contributed by atoms with Gasteiger partial charge in [0.05, 0.1) is 11.4 Å². The van der Waals surface area contributed by atoms with Crippen molar-refractivity contribution in [3.05, 3.63) is 41.2 Å². The molecule has 1 aromatic heterocycles. The molecular formula is C18H28N4. The monoisotopic (exact) mass is 300 g/mol. The molecule has 1 aromatic carbocycles. The minimum absolute atomic E-state index is 0.445. The Kier molecular flexibility index (Phi) is 6.13. The van der Waals surface area contributed by atoms with Gasteiger partial charge in [-0.2, -0.15) is 0 Å². The largest absolute Gasteiger partial charge is 0.325 e. The van der Waals surface area contributed by atoms with E-state index in [4.69, 9.17) is 5.73 Å². The number of nitrogens with two attached hydrogens (primary N) is 1. The molecule has 2 aromatic rings. The summed E-state index contributed by atoms with van der Waals surface area (Å²) in [4.78, 5) is 0. The van der Waals surface area contributed by atoms with E-state index in [0.717, 1.165) is 30.6 Å². The van der Waals surface area contributed by atoms with E-state index in [9.17, 15) is 0 Å². The summed E-state index contributed by atoms with van der Waals surface area (Å²) in [7, 11) is 0. The molecule has 0 atom stereocenters. The van der Waals surface area contributed by atoms with Crippen LogP contribution in [0.1, 0.15) is 69.3 Å². The molecule has 22 heavy (non-hydrogen) atoms. The lowest BCUT2D eigenvalue weighted by molar-refractivity contribution is 0.590. The van der Waals surface area contributed by atoms with Gasteiger partial charge in [-0.05, 0) is 43.4 Å². The van der Waals surface area contributed by atoms with Crippen molar-refractivity contribution in [3.8, 4) is 5.69 Å². The molecule has 1 heterocycles. The van der Waals surface area contributed by atoms with Crippen LogP contribution in [0, 0.1) is 0 Å². The fourth-order valence-electron chi connectivity index (χ4n) is 2.93. The van der Waals surface area contributed by atoms with Crippen LogP contribution >= 0.6 is 0 Å². The van der Waals surface area contributed by atoms with Gasteiger partial charge in [-0.25, -0.2) is 4.68 Å². The first-order valence-electron chi connectivity index (χ1n) is 8.48. The number of unbranched alkanes of at least 4 members (excludes halogenated alkanes) is 1. The van der Waals surface area contributed by atoms with Crippen molar-refractivity contribution in [3.63, 3.8) is 0 Å². The molecule has 2 N–H and O–H groups in total. The molecule has 4 nitrogen and oxygen atoms in total. The molecule has 0 saturated heterocycles. The molecule has 0 saturated carbocycles. The summed E-state index contributed by atoms with van der Waals surface area (Å²) in [5, 5.41) is 8.64. The van der Waals surface area contributed by atoms with E-state index in [-0.39, 0.29) is 0 Å². The number of hydrogen-bond acceptors (Lipinski definition) is 3. The number of benzene rings is 1. The van der Waals surface area contributed by atoms with Crippen LogP contribution in [0.25, 0.3) is 5.69 Å². The molecule has 0 amide bonds. The lowest BCUT2D eigenvalue weighted by Crippen LogP contribution is -2.10. The topological polar surface area (TPSA) is 56.7 Å². The highest BCUT2D eigenvalue weighted by Crippen LogP contribution is 2.27. The molecule has 0 bridgehead atoms. The van der Waals surface area contributed by atoms with E-state index >= 15 is 0 Å². The Morgan fingerprint density at radius 2 is 1.77 bits per heavy atom. The average Bonchev–Trinajstić information content (AvgIpc) is 2.98. The Balaban J connectivity index is 2.33. The fourth-order valence-corrected chi connectivity index (χ4v) is 2.93. The van der Waals surface area contributed by atoms with Crippen LogP contribution in [0.5, 0.6) is 0 Å². The predicted molar refractivity (Wildman–Crippen MR) is 91.2 cm³/mol. The third-order valence-corrected chi connectivity index (χ3v) is 4.34. The van der Waals surface area contributed by atoms with E-state index < -0.39 is 0 Å². The van der Waals surface area contributed by atoms with Crippen LogP contribution in [-0.4, -0.2) is 15.0 Å². The first-order chi connectivity index (χ1) is 10.7. The highest BCUT2D eigenvalue weighted by Gasteiger charge is 2.20. The molecule has 0 unspecified atom stereocenters. The molecule has 0 aliphatic rings. The third kappa shape index (κ3) is 3.55. The average molecular weight is 300 g/mol. The molecule has 0 aliphatic carbocycles. The number of aromatic nitrogens is 3. The summed E-state index contributed by atoms with van der Waals surface area (Å²) in [6.45, 7) is 7.08. The maximum absolute atomic E-state index is 5.85. The Morgan fingerprint density at radius 1 is 1.09 bits per heavy atom. The highest BCUT2D eigenvalue weighted by molar-refractivity contribution is 5.37. The van der Waals surface area contributed by atoms with Gasteiger partial charge in [0.15, 0.2) is 0 Å². The van der Waals surface area contributed by atoms with Crippen molar-refractivity contribution in [1.82, 2.24) is 15.0 Å². The van der Waals surface area contributed by atoms with Crippen molar-refractivity contribution in [2.45, 2.75) is 65.3 Å². The number of aryl methyl sites for hydroxylation is 1. The predicted octanol–water partition coefficient (Wildman–Crippen LogP) is 3.97. The van der Waals surface area contributed by atoms with Crippen molar-refractivity contribution >= 4 is 0 Å². The van der Waals surface area contributed by atoms with E-state index in [1.54, 1.807) is 0 Å². The standard InChI is InChI=1S/C18H28N4/c1-4-7-8-14-9-11-16(12-10-14)22-18(15(5-2)6-3)17(13-19)20-21-22/h9-12,15H,4-8,13,19H2,1-3H3. The van der Waals surface area contributed by atoms with Gasteiger partial charge in [-0.15, -0.1) is 5.10 Å². The SMILES string of the molecule is CCCCc1ccc(-n2nnc(CN)c2C(CC)CC)cc1. The van der Waals surface area contributed by atoms with E-state index in [1.165, 1.54) is 24.1 Å². The fraction of sp³-hybridized carbons (Fsp3) is 0.556. The van der Waals surface area contributed by atoms with E-state index in [0.29, 0.717) is 12.5 Å². The summed E-state index contributed by atoms with van der Waals surface area (Å²) >= 11 is 0. The smallest absolute Gasteiger partial charge is 0.100 e. The second kappa shape index (κ2) is 8.08. The normalized spacial score (nSPS) is 11.3. The number of nitrogens with zero attached hydrogens (tertiary/aromatic N) is 3. The Hall–Kier alpha value is -1.68. The number of rotatable bonds is 8. The molecule has 4 heteroatoms. The van der Waals surface area contributed by atoms with E-state index in [1.807, 2.05) is 4.68 Å². The quantitative estimate of drug-likeness (QED) is 0.802. The molecule has 0 fully saturated rings. The van der Waals surface area contributed by atoms with Gasteiger partial charge in [0.25, 0.3) is 0 Å². The van der Waals surface area contributed by atoms with Crippen LogP contribution < -0.4 is 5.73 Å². The summed E-state index contributed by atoms with van der Waals surface area (Å²) in [5.74, 6) is 0.452. The lowest BCUT2D eigenvalue weighted by atomic mass is 9.97. The van der Waals surface area contributed by atoms with Crippen LogP contribution in [0.3, 0.4) is 0 Å². The van der Waals surface area contributed by atoms with Crippen molar-refractivity contribution in [1.29, 1.82) is 0 Å². The Labute approximate surface area is 133 Å². The molecule has 120 valence electrons. The summed E-state index contributed by atoms with van der Waals surface area (Å²) in [5.41, 5.74) is 10.4. The van der Waals surface area contributed by atoms with Crippen molar-refractivity contribution in [2.24, 2.45) is 5.73 Å². The Bertz CT molecular complexity index is 567. The van der Waals surface area contributed by atoms with Gasteiger partial charge < -0.3 is 5.73 Å². The minimum atomic E-state index is 0.445. The van der Waals surface area contributed by atoms with Gasteiger partial charge in [0, 0.05) is 12.5 Å². The molecule has 0 radical (unpaired) electrons. The first kappa shape index (κ1) is 16.7. The van der Waals surface area contributed by atoms with Crippen LogP contribution in [0.4, 0.5) is 0 Å². The molecular weight excluding hydrogens is 272 g/mol. The maximum Gasteiger partial charge on any atom is 0.100 e. The second-order valence-electron chi connectivity index (χ2n) is 5.82. The third-order valence-electron chi connectivity index (χ3n) is 4.34. The van der Waals surface area contributed by atoms with Gasteiger partial charge in [0.1, 0.15) is 5.69 Å². The molecule has 2 rings (SSSR count). The summed E-state index contributed by atoms with van der Waals surface area (Å²) < 4.78 is 1.98. The van der Waals surface area contributed by atoms with Gasteiger partial charge in [0.2, 0.25) is 0 Å². The van der Waals surface area contributed by atoms with Gasteiger partial charge >= 0.3 is 0 Å². The van der Waals surface area contributed by atoms with Gasteiger partial charge in [-0.3, -0.25) is 0 Å². The molecule has 0 aliphatic heterocycles. The number of hydrogen-bond donors (Lipinski definition) is 1. The zero-order chi connectivity index (χ0) is 15.9. The van der Waals surface area contributed by atoms with Crippen LogP contribution in [0.2, 0.25) is 0 Å². The zero-order valence-corrected chi connectivity index (χ0v) is 14.0. The lowest BCUT2D eigenvalue weighted by Gasteiger charge is -2.16. The van der Waals surface area contributed by atoms with Crippen LogP contribution in [0.15, 0.2) is 24.3 Å². The first-order valence-corrected chi connectivity index (χ1v) is 8.48. The summed E-state index contributed by atoms with van der Waals surface area (Å²) in [6.07, 6.45) is 5.75. The van der Waals surface area contributed by atoms with Crippen LogP contribution in [-0.2, 0) is 13.0 Å². The zero-order valence-electron chi connectivity index (χ0n) is 14.0. The second-order valence-corrected chi connectivity index (χ2v) is 5.82. The minimum Gasteiger partial charge on any atom is -0.325 e. The van der Waals surface area contributed by atoms with Crippen molar-refractivity contribution in [2.75, 3.05) is 0 Å². The van der Waals surface area contributed by atoms with Gasteiger partial charge in [-0.1, -0.05) is 44.5 Å². The maximum atomic E-state index is 5.85. The Morgan fingerprint density at radius 3 is 2.32 bits per heavy atom. The highest BCUT2D eigenvalue weighted by atomic mass is 15.4. The molecule has 0 spiro atoms. The summed E-state index contributed by atoms with van der Waals surface area (Å²) in [6, 6.07) is 8.69. The van der Waals surface area contributed by atoms with E-state index in [2.05, 4.69) is 55.3 Å².